The fourth-order valence-corrected chi connectivity index (χ4v) is 5.66. The summed E-state index contributed by atoms with van der Waals surface area (Å²) >= 11 is 8.22. The molecule has 138 valence electrons. The summed E-state index contributed by atoms with van der Waals surface area (Å²) in [5.41, 5.74) is 6.59. The van der Waals surface area contributed by atoms with Crippen molar-refractivity contribution in [3.8, 4) is 0 Å². The third kappa shape index (κ3) is 3.07. The lowest BCUT2D eigenvalue weighted by molar-refractivity contribution is 0.920. The van der Waals surface area contributed by atoms with Crippen molar-refractivity contribution < 1.29 is 0 Å². The van der Waals surface area contributed by atoms with Crippen molar-refractivity contribution in [3.05, 3.63) is 107 Å². The fraction of sp³-hybridized carbons (Fsp3) is 0.120. The molecule has 0 saturated carbocycles. The first-order chi connectivity index (χ1) is 13.7. The molecule has 4 aromatic rings. The average molecular weight is 402 g/mol. The van der Waals surface area contributed by atoms with Gasteiger partial charge in [0.25, 0.3) is 0 Å². The molecule has 1 aromatic heterocycles. The normalized spacial score (nSPS) is 16.9. The highest BCUT2D eigenvalue weighted by molar-refractivity contribution is 8.09. The monoisotopic (exact) mass is 401 g/mol. The summed E-state index contributed by atoms with van der Waals surface area (Å²) in [4.78, 5) is 1.38. The Morgan fingerprint density at radius 3 is 2.36 bits per heavy atom. The van der Waals surface area contributed by atoms with E-state index >= 15 is 0 Å². The van der Waals surface area contributed by atoms with Crippen molar-refractivity contribution in [1.82, 2.24) is 4.57 Å². The van der Waals surface area contributed by atoms with E-state index in [0.29, 0.717) is 5.25 Å². The van der Waals surface area contributed by atoms with Gasteiger partial charge in [-0.15, -0.1) is 11.8 Å². The van der Waals surface area contributed by atoms with Crippen molar-refractivity contribution in [2.45, 2.75) is 11.7 Å². The Labute approximate surface area is 174 Å². The number of aromatic nitrogens is 1. The number of nitrogens with zero attached hydrogens (tertiary/aromatic N) is 1. The highest BCUT2D eigenvalue weighted by Crippen LogP contribution is 2.55. The third-order valence-corrected chi connectivity index (χ3v) is 7.12. The lowest BCUT2D eigenvalue weighted by Crippen LogP contribution is -1.97. The number of hydrogen-bond donors (Lipinski definition) is 0. The lowest BCUT2D eigenvalue weighted by Gasteiger charge is -2.10. The van der Waals surface area contributed by atoms with Crippen LogP contribution in [0.15, 0.2) is 84.9 Å². The highest BCUT2D eigenvalue weighted by atomic mass is 35.5. The quantitative estimate of drug-likeness (QED) is 0.342. The van der Waals surface area contributed by atoms with E-state index in [-0.39, 0.29) is 0 Å². The van der Waals surface area contributed by atoms with Gasteiger partial charge in [-0.2, -0.15) is 0 Å². The van der Waals surface area contributed by atoms with Crippen LogP contribution in [0.5, 0.6) is 0 Å². The second-order valence-corrected chi connectivity index (χ2v) is 8.84. The van der Waals surface area contributed by atoms with Gasteiger partial charge in [0.1, 0.15) is 0 Å². The van der Waals surface area contributed by atoms with Crippen molar-refractivity contribution in [2.75, 3.05) is 0 Å². The molecule has 0 aliphatic carbocycles. The summed E-state index contributed by atoms with van der Waals surface area (Å²) in [6.45, 7) is 0. The Morgan fingerprint density at radius 1 is 0.893 bits per heavy atom. The molecule has 1 nitrogen and oxygen atoms in total. The van der Waals surface area contributed by atoms with Gasteiger partial charge < -0.3 is 4.57 Å². The largest absolute Gasteiger partial charge is 0.344 e. The molecular weight excluding hydrogens is 382 g/mol. The molecule has 1 atom stereocenters. The van der Waals surface area contributed by atoms with E-state index in [1.54, 1.807) is 0 Å². The van der Waals surface area contributed by atoms with Gasteiger partial charge in [0.2, 0.25) is 0 Å². The second kappa shape index (κ2) is 7.20. The highest BCUT2D eigenvalue weighted by Gasteiger charge is 2.29. The summed E-state index contributed by atoms with van der Waals surface area (Å²) in [5.74, 6) is 0. The zero-order chi connectivity index (χ0) is 19.1. The fourth-order valence-electron chi connectivity index (χ4n) is 4.05. The third-order valence-electron chi connectivity index (χ3n) is 5.44. The minimum absolute atomic E-state index is 0.438. The zero-order valence-corrected chi connectivity index (χ0v) is 17.2. The summed E-state index contributed by atoms with van der Waals surface area (Å²) in [6, 6.07) is 30.0. The second-order valence-electron chi connectivity index (χ2n) is 7.19. The van der Waals surface area contributed by atoms with Crippen LogP contribution >= 0.6 is 23.4 Å². The van der Waals surface area contributed by atoms with Gasteiger partial charge in [-0.1, -0.05) is 72.3 Å². The number of benzene rings is 3. The van der Waals surface area contributed by atoms with Gasteiger partial charge in [-0.3, -0.25) is 0 Å². The summed E-state index contributed by atoms with van der Waals surface area (Å²) < 4.78 is 2.30. The summed E-state index contributed by atoms with van der Waals surface area (Å²) in [6.07, 6.45) is 1.02. The molecule has 0 radical (unpaired) electrons. The number of allylic oxidation sites excluding steroid dienone is 1. The van der Waals surface area contributed by atoms with Gasteiger partial charge in [-0.25, -0.2) is 0 Å². The maximum Gasteiger partial charge on any atom is 0.0483 e. The van der Waals surface area contributed by atoms with Crippen LogP contribution in [0.25, 0.3) is 21.4 Å². The zero-order valence-electron chi connectivity index (χ0n) is 15.6. The molecule has 1 aliphatic rings. The molecule has 2 heterocycles. The number of fused-ring (bicyclic) bond motifs is 1. The van der Waals surface area contributed by atoms with Crippen LogP contribution in [0.3, 0.4) is 0 Å². The van der Waals surface area contributed by atoms with Gasteiger partial charge >= 0.3 is 0 Å². The van der Waals surface area contributed by atoms with E-state index in [2.05, 4.69) is 90.5 Å². The molecule has 5 rings (SSSR count). The SMILES string of the molecule is Cn1c(C2=C(c3ccccc3)SC(c3ccccc3)C2)cc2cc(Cl)ccc21. The molecule has 1 aliphatic heterocycles. The standard InChI is InChI=1S/C25H20ClNS/c1-27-22-13-12-20(26)14-19(22)15-23(27)21-16-24(17-8-4-2-5-9-17)28-25(21)18-10-6-3-7-11-18/h2-15,24H,16H2,1H3. The van der Waals surface area contributed by atoms with Crippen molar-refractivity contribution in [3.63, 3.8) is 0 Å². The van der Waals surface area contributed by atoms with Gasteiger partial charge in [0.05, 0.1) is 0 Å². The minimum Gasteiger partial charge on any atom is -0.344 e. The molecule has 0 spiro atoms. The van der Waals surface area contributed by atoms with Crippen LogP contribution in [0, 0.1) is 0 Å². The van der Waals surface area contributed by atoms with Crippen LogP contribution in [-0.4, -0.2) is 4.57 Å². The average Bonchev–Trinajstić information content (AvgIpc) is 3.31. The molecule has 28 heavy (non-hydrogen) atoms. The molecule has 0 amide bonds. The number of hydrogen-bond acceptors (Lipinski definition) is 1. The summed E-state index contributed by atoms with van der Waals surface area (Å²) in [5, 5.41) is 2.41. The first-order valence-electron chi connectivity index (χ1n) is 9.46. The van der Waals surface area contributed by atoms with E-state index in [9.17, 15) is 0 Å². The Bertz CT molecular complexity index is 1180. The Morgan fingerprint density at radius 2 is 1.61 bits per heavy atom. The first-order valence-corrected chi connectivity index (χ1v) is 10.7. The molecule has 0 N–H and O–H groups in total. The number of aryl methyl sites for hydroxylation is 1. The van der Waals surface area contributed by atoms with Gasteiger partial charge in [0, 0.05) is 38.8 Å². The van der Waals surface area contributed by atoms with Crippen LogP contribution in [-0.2, 0) is 7.05 Å². The van der Waals surface area contributed by atoms with Crippen molar-refractivity contribution in [1.29, 1.82) is 0 Å². The first kappa shape index (κ1) is 17.7. The number of thioether (sulfide) groups is 1. The smallest absolute Gasteiger partial charge is 0.0483 e. The van der Waals surface area contributed by atoms with E-state index < -0.39 is 0 Å². The van der Waals surface area contributed by atoms with Gasteiger partial charge in [0.15, 0.2) is 0 Å². The van der Waals surface area contributed by atoms with E-state index in [4.69, 9.17) is 11.6 Å². The topological polar surface area (TPSA) is 4.93 Å². The number of rotatable bonds is 3. The molecule has 0 bridgehead atoms. The van der Waals surface area contributed by atoms with Crippen molar-refractivity contribution in [2.24, 2.45) is 7.05 Å². The lowest BCUT2D eigenvalue weighted by atomic mass is 9.99. The molecule has 1 unspecified atom stereocenters. The number of halogens is 1. The van der Waals surface area contributed by atoms with E-state index in [0.717, 1.165) is 11.4 Å². The predicted octanol–water partition coefficient (Wildman–Crippen LogP) is 7.58. The maximum absolute atomic E-state index is 6.24. The van der Waals surface area contributed by atoms with Crippen LogP contribution in [0.1, 0.15) is 28.5 Å². The van der Waals surface area contributed by atoms with Gasteiger partial charge in [-0.05, 0) is 47.4 Å². The van der Waals surface area contributed by atoms with E-state index in [1.807, 2.05) is 17.8 Å². The van der Waals surface area contributed by atoms with E-state index in [1.165, 1.54) is 38.2 Å². The predicted molar refractivity (Wildman–Crippen MR) is 123 cm³/mol. The molecule has 0 fully saturated rings. The summed E-state index contributed by atoms with van der Waals surface area (Å²) in [7, 11) is 2.15. The molecule has 0 saturated heterocycles. The van der Waals surface area contributed by atoms with Crippen molar-refractivity contribution >= 4 is 44.7 Å². The van der Waals surface area contributed by atoms with Crippen LogP contribution in [0.2, 0.25) is 5.02 Å². The Hall–Kier alpha value is -2.42. The molecule has 3 heteroatoms. The van der Waals surface area contributed by atoms with Crippen LogP contribution < -0.4 is 0 Å². The molecule has 3 aromatic carbocycles. The Kier molecular flexibility index (Phi) is 4.54. The maximum atomic E-state index is 6.24. The van der Waals surface area contributed by atoms with Crippen LogP contribution in [0.4, 0.5) is 0 Å². The minimum atomic E-state index is 0.438. The molecular formula is C25H20ClNS. The Balaban J connectivity index is 1.66.